The summed E-state index contributed by atoms with van der Waals surface area (Å²) >= 11 is 0. The molecule has 1 aliphatic rings. The fraction of sp³-hybridized carbons (Fsp3) is 0.562. The number of anilines is 1. The number of carbonyl (C=O) groups excluding carboxylic acids is 1. The number of hydrogen-bond donors (Lipinski definition) is 3. The van der Waals surface area contributed by atoms with Gasteiger partial charge in [-0.1, -0.05) is 13.8 Å². The zero-order chi connectivity index (χ0) is 16.6. The Balaban J connectivity index is 2.72. The van der Waals surface area contributed by atoms with Crippen LogP contribution in [0.1, 0.15) is 38.8 Å². The number of pyridine rings is 1. The summed E-state index contributed by atoms with van der Waals surface area (Å²) in [5.74, 6) is -0.366. The molecule has 0 amide bonds. The molecule has 0 aromatic carbocycles. The predicted molar refractivity (Wildman–Crippen MR) is 86.1 cm³/mol. The molecule has 1 aromatic heterocycles. The average Bonchev–Trinajstić information content (AvgIpc) is 2.47. The SMILES string of the molecule is CCn1c(O)c2c(c(C(=N)C(C)C)c1=O)NCC(C(C)=O)C2. The van der Waals surface area contributed by atoms with Gasteiger partial charge in [0.25, 0.3) is 5.56 Å². The van der Waals surface area contributed by atoms with E-state index in [9.17, 15) is 14.7 Å². The molecule has 0 spiro atoms. The number of aromatic nitrogens is 1. The molecule has 1 atom stereocenters. The fourth-order valence-electron chi connectivity index (χ4n) is 2.82. The number of aromatic hydroxyl groups is 1. The summed E-state index contributed by atoms with van der Waals surface area (Å²) in [6.45, 7) is 7.77. The van der Waals surface area contributed by atoms with Crippen LogP contribution in [-0.4, -0.2) is 27.7 Å². The van der Waals surface area contributed by atoms with Gasteiger partial charge in [-0.05, 0) is 26.2 Å². The van der Waals surface area contributed by atoms with Crippen molar-refractivity contribution in [2.75, 3.05) is 11.9 Å². The summed E-state index contributed by atoms with van der Waals surface area (Å²) in [5, 5.41) is 21.7. The number of fused-ring (bicyclic) bond motifs is 1. The van der Waals surface area contributed by atoms with Crippen molar-refractivity contribution in [3.8, 4) is 5.88 Å². The molecule has 22 heavy (non-hydrogen) atoms. The third-order valence-electron chi connectivity index (χ3n) is 4.25. The van der Waals surface area contributed by atoms with Gasteiger partial charge in [0.2, 0.25) is 0 Å². The molecule has 0 bridgehead atoms. The summed E-state index contributed by atoms with van der Waals surface area (Å²) in [5.41, 5.74) is 1.28. The highest BCUT2D eigenvalue weighted by molar-refractivity contribution is 6.05. The van der Waals surface area contributed by atoms with Crippen molar-refractivity contribution in [2.45, 2.75) is 40.7 Å². The quantitative estimate of drug-likeness (QED) is 0.739. The Kier molecular flexibility index (Phi) is 4.39. The highest BCUT2D eigenvalue weighted by Crippen LogP contribution is 2.34. The standard InChI is InChI=1S/C16H23N3O3/c1-5-19-15(21)11-6-10(9(4)20)7-18-14(11)12(16(19)22)13(17)8(2)3/h8,10,17-18,21H,5-7H2,1-4H3. The van der Waals surface area contributed by atoms with E-state index in [1.807, 2.05) is 13.8 Å². The molecule has 3 N–H and O–H groups in total. The molecule has 2 heterocycles. The van der Waals surface area contributed by atoms with Gasteiger partial charge in [0, 0.05) is 30.3 Å². The lowest BCUT2D eigenvalue weighted by Crippen LogP contribution is -2.36. The molecule has 0 radical (unpaired) electrons. The normalized spacial score (nSPS) is 17.0. The van der Waals surface area contributed by atoms with Gasteiger partial charge in [-0.15, -0.1) is 0 Å². The molecule has 1 aliphatic heterocycles. The van der Waals surface area contributed by atoms with Gasteiger partial charge in [-0.3, -0.25) is 14.2 Å². The Hall–Kier alpha value is -2.11. The second-order valence-corrected chi connectivity index (χ2v) is 6.06. The number of ketones is 1. The summed E-state index contributed by atoms with van der Waals surface area (Å²) in [6, 6.07) is 0. The van der Waals surface area contributed by atoms with Crippen LogP contribution >= 0.6 is 0 Å². The van der Waals surface area contributed by atoms with E-state index in [1.54, 1.807) is 6.92 Å². The van der Waals surface area contributed by atoms with Crippen LogP contribution < -0.4 is 10.9 Å². The minimum atomic E-state index is -0.355. The third-order valence-corrected chi connectivity index (χ3v) is 4.25. The molecular formula is C16H23N3O3. The van der Waals surface area contributed by atoms with Crippen molar-refractivity contribution in [3.05, 3.63) is 21.5 Å². The topological polar surface area (TPSA) is 95.2 Å². The van der Waals surface area contributed by atoms with Crippen LogP contribution in [0.4, 0.5) is 5.69 Å². The minimum Gasteiger partial charge on any atom is -0.494 e. The van der Waals surface area contributed by atoms with Crippen LogP contribution in [0.5, 0.6) is 5.88 Å². The predicted octanol–water partition coefficient (Wildman–Crippen LogP) is 1.77. The monoisotopic (exact) mass is 305 g/mol. The Morgan fingerprint density at radius 2 is 2.14 bits per heavy atom. The lowest BCUT2D eigenvalue weighted by atomic mass is 9.88. The first-order valence-electron chi connectivity index (χ1n) is 7.61. The molecule has 0 saturated heterocycles. The maximum Gasteiger partial charge on any atom is 0.264 e. The van der Waals surface area contributed by atoms with Crippen molar-refractivity contribution in [3.63, 3.8) is 0 Å². The van der Waals surface area contributed by atoms with Crippen LogP contribution in [0.25, 0.3) is 0 Å². The summed E-state index contributed by atoms with van der Waals surface area (Å²) in [7, 11) is 0. The van der Waals surface area contributed by atoms with Crippen LogP contribution in [0, 0.1) is 17.2 Å². The Morgan fingerprint density at radius 3 is 2.64 bits per heavy atom. The molecule has 2 rings (SSSR count). The van der Waals surface area contributed by atoms with E-state index in [0.29, 0.717) is 36.3 Å². The van der Waals surface area contributed by atoms with Crippen molar-refractivity contribution in [2.24, 2.45) is 11.8 Å². The number of nitrogens with one attached hydrogen (secondary N) is 2. The first-order valence-corrected chi connectivity index (χ1v) is 7.61. The van der Waals surface area contributed by atoms with Crippen LogP contribution in [0.2, 0.25) is 0 Å². The highest BCUT2D eigenvalue weighted by atomic mass is 16.3. The number of Topliss-reactive ketones (excluding diaryl/α,β-unsaturated/α-hetero) is 1. The van der Waals surface area contributed by atoms with Crippen molar-refractivity contribution < 1.29 is 9.90 Å². The zero-order valence-electron chi connectivity index (χ0n) is 13.5. The lowest BCUT2D eigenvalue weighted by Gasteiger charge is -2.28. The van der Waals surface area contributed by atoms with Gasteiger partial charge in [0.15, 0.2) is 5.88 Å². The Labute approximate surface area is 129 Å². The number of rotatable bonds is 4. The largest absolute Gasteiger partial charge is 0.494 e. The van der Waals surface area contributed by atoms with Gasteiger partial charge >= 0.3 is 0 Å². The summed E-state index contributed by atoms with van der Waals surface area (Å²) in [6.07, 6.45) is 0.391. The maximum absolute atomic E-state index is 12.6. The number of nitrogens with zero attached hydrogens (tertiary/aromatic N) is 1. The van der Waals surface area contributed by atoms with Gasteiger partial charge < -0.3 is 15.8 Å². The molecule has 120 valence electrons. The second-order valence-electron chi connectivity index (χ2n) is 6.06. The van der Waals surface area contributed by atoms with Gasteiger partial charge in [-0.25, -0.2) is 0 Å². The molecular weight excluding hydrogens is 282 g/mol. The molecule has 0 aliphatic carbocycles. The Bertz CT molecular complexity index is 689. The van der Waals surface area contributed by atoms with Gasteiger partial charge in [-0.2, -0.15) is 0 Å². The van der Waals surface area contributed by atoms with Crippen molar-refractivity contribution in [1.82, 2.24) is 4.57 Å². The average molecular weight is 305 g/mol. The lowest BCUT2D eigenvalue weighted by molar-refractivity contribution is -0.120. The van der Waals surface area contributed by atoms with E-state index in [4.69, 9.17) is 5.41 Å². The van der Waals surface area contributed by atoms with Crippen molar-refractivity contribution in [1.29, 1.82) is 5.41 Å². The van der Waals surface area contributed by atoms with E-state index in [0.717, 1.165) is 0 Å². The molecule has 0 fully saturated rings. The molecule has 6 nitrogen and oxygen atoms in total. The summed E-state index contributed by atoms with van der Waals surface area (Å²) < 4.78 is 1.27. The smallest absolute Gasteiger partial charge is 0.264 e. The first-order chi connectivity index (χ1) is 10.3. The fourth-order valence-corrected chi connectivity index (χ4v) is 2.82. The molecule has 1 aromatic rings. The second kappa shape index (κ2) is 5.94. The molecule has 1 unspecified atom stereocenters. The van der Waals surface area contributed by atoms with E-state index < -0.39 is 0 Å². The van der Waals surface area contributed by atoms with Crippen molar-refractivity contribution >= 4 is 17.2 Å². The highest BCUT2D eigenvalue weighted by Gasteiger charge is 2.31. The zero-order valence-corrected chi connectivity index (χ0v) is 13.5. The van der Waals surface area contributed by atoms with Gasteiger partial charge in [0.1, 0.15) is 5.78 Å². The van der Waals surface area contributed by atoms with E-state index >= 15 is 0 Å². The van der Waals surface area contributed by atoms with E-state index in [1.165, 1.54) is 11.5 Å². The number of carbonyl (C=O) groups is 1. The maximum atomic E-state index is 12.6. The summed E-state index contributed by atoms with van der Waals surface area (Å²) in [4.78, 5) is 24.2. The molecule has 6 heteroatoms. The van der Waals surface area contributed by atoms with E-state index in [2.05, 4.69) is 5.32 Å². The van der Waals surface area contributed by atoms with Gasteiger partial charge in [0.05, 0.1) is 11.3 Å². The Morgan fingerprint density at radius 1 is 1.50 bits per heavy atom. The van der Waals surface area contributed by atoms with Crippen LogP contribution in [-0.2, 0) is 17.8 Å². The third kappa shape index (κ3) is 2.53. The molecule has 0 saturated carbocycles. The minimum absolute atomic E-state index is 0.0484. The van der Waals surface area contributed by atoms with Crippen LogP contribution in [0.15, 0.2) is 4.79 Å². The first kappa shape index (κ1) is 16.3. The van der Waals surface area contributed by atoms with Crippen LogP contribution in [0.3, 0.4) is 0 Å². The number of hydrogen-bond acceptors (Lipinski definition) is 5. The van der Waals surface area contributed by atoms with E-state index in [-0.39, 0.29) is 34.8 Å².